The highest BCUT2D eigenvalue weighted by atomic mass is 16.3. The van der Waals surface area contributed by atoms with Crippen molar-refractivity contribution in [2.24, 2.45) is 11.7 Å². The summed E-state index contributed by atoms with van der Waals surface area (Å²) in [5, 5.41) is 12.5. The SMILES string of the molecule is CC(C)[C@@H](CO)Nc1cccnc1CN. The Balaban J connectivity index is 2.78. The number of aliphatic hydroxyl groups excluding tert-OH is 1. The number of aliphatic hydroxyl groups is 1. The lowest BCUT2D eigenvalue weighted by atomic mass is 10.0. The third-order valence-electron chi connectivity index (χ3n) is 2.43. The minimum absolute atomic E-state index is 0.0412. The maximum absolute atomic E-state index is 9.21. The van der Waals surface area contributed by atoms with E-state index in [-0.39, 0.29) is 12.6 Å². The van der Waals surface area contributed by atoms with Gasteiger partial charge in [0, 0.05) is 12.7 Å². The number of nitrogens with two attached hydrogens (primary N) is 1. The molecule has 0 spiro atoms. The molecule has 1 rings (SSSR count). The van der Waals surface area contributed by atoms with Crippen LogP contribution in [-0.2, 0) is 6.54 Å². The van der Waals surface area contributed by atoms with E-state index in [1.165, 1.54) is 0 Å². The minimum atomic E-state index is 0.0412. The molecule has 1 aromatic heterocycles. The first-order valence-corrected chi connectivity index (χ1v) is 5.20. The summed E-state index contributed by atoms with van der Waals surface area (Å²) < 4.78 is 0. The van der Waals surface area contributed by atoms with E-state index in [1.807, 2.05) is 12.1 Å². The van der Waals surface area contributed by atoms with E-state index < -0.39 is 0 Å². The summed E-state index contributed by atoms with van der Waals surface area (Å²) in [7, 11) is 0. The molecule has 4 nitrogen and oxygen atoms in total. The van der Waals surface area contributed by atoms with E-state index >= 15 is 0 Å². The molecule has 0 saturated heterocycles. The van der Waals surface area contributed by atoms with Crippen LogP contribution in [0.15, 0.2) is 18.3 Å². The minimum Gasteiger partial charge on any atom is -0.394 e. The molecule has 4 N–H and O–H groups in total. The van der Waals surface area contributed by atoms with Crippen molar-refractivity contribution in [2.45, 2.75) is 26.4 Å². The first-order valence-electron chi connectivity index (χ1n) is 5.20. The van der Waals surface area contributed by atoms with E-state index in [0.29, 0.717) is 12.5 Å². The molecule has 0 aliphatic heterocycles. The summed E-state index contributed by atoms with van der Waals surface area (Å²) in [4.78, 5) is 4.17. The molecule has 0 fully saturated rings. The maximum Gasteiger partial charge on any atom is 0.0770 e. The summed E-state index contributed by atoms with van der Waals surface area (Å²) >= 11 is 0. The number of hydrogen-bond acceptors (Lipinski definition) is 4. The fourth-order valence-corrected chi connectivity index (χ4v) is 1.35. The van der Waals surface area contributed by atoms with Crippen molar-refractivity contribution in [3.05, 3.63) is 24.0 Å². The Morgan fingerprint density at radius 1 is 1.53 bits per heavy atom. The van der Waals surface area contributed by atoms with Crippen LogP contribution >= 0.6 is 0 Å². The molecule has 4 heteroatoms. The number of aromatic nitrogens is 1. The summed E-state index contributed by atoms with van der Waals surface area (Å²) in [5.74, 6) is 0.362. The number of pyridine rings is 1. The van der Waals surface area contributed by atoms with Crippen molar-refractivity contribution < 1.29 is 5.11 Å². The van der Waals surface area contributed by atoms with Gasteiger partial charge in [0.05, 0.1) is 24.0 Å². The van der Waals surface area contributed by atoms with Crippen molar-refractivity contribution in [1.29, 1.82) is 0 Å². The molecule has 0 aliphatic rings. The van der Waals surface area contributed by atoms with Crippen molar-refractivity contribution in [3.63, 3.8) is 0 Å². The second-order valence-electron chi connectivity index (χ2n) is 3.88. The van der Waals surface area contributed by atoms with E-state index in [9.17, 15) is 5.11 Å². The largest absolute Gasteiger partial charge is 0.394 e. The number of nitrogens with zero attached hydrogens (tertiary/aromatic N) is 1. The molecule has 0 aromatic carbocycles. The summed E-state index contributed by atoms with van der Waals surface area (Å²) in [6.45, 7) is 4.63. The van der Waals surface area contributed by atoms with E-state index in [4.69, 9.17) is 5.73 Å². The van der Waals surface area contributed by atoms with E-state index in [0.717, 1.165) is 11.4 Å². The molecule has 1 aromatic rings. The average Bonchev–Trinajstić information content (AvgIpc) is 2.25. The van der Waals surface area contributed by atoms with Gasteiger partial charge in [-0.2, -0.15) is 0 Å². The molecule has 15 heavy (non-hydrogen) atoms. The zero-order chi connectivity index (χ0) is 11.3. The second kappa shape index (κ2) is 5.68. The van der Waals surface area contributed by atoms with E-state index in [2.05, 4.69) is 24.1 Å². The summed E-state index contributed by atoms with van der Waals surface area (Å²) in [6.07, 6.45) is 1.72. The number of anilines is 1. The Kier molecular flexibility index (Phi) is 4.52. The lowest BCUT2D eigenvalue weighted by Gasteiger charge is -2.22. The van der Waals surface area contributed by atoms with Gasteiger partial charge in [0.15, 0.2) is 0 Å². The number of hydrogen-bond donors (Lipinski definition) is 3. The Morgan fingerprint density at radius 3 is 2.80 bits per heavy atom. The number of nitrogens with one attached hydrogen (secondary N) is 1. The van der Waals surface area contributed by atoms with Gasteiger partial charge < -0.3 is 16.2 Å². The van der Waals surface area contributed by atoms with Crippen molar-refractivity contribution in [3.8, 4) is 0 Å². The highest BCUT2D eigenvalue weighted by molar-refractivity contribution is 5.48. The standard InChI is InChI=1S/C11H19N3O/c1-8(2)11(7-15)14-9-4-3-5-13-10(9)6-12/h3-5,8,11,14-15H,6-7,12H2,1-2H3/t11-/m1/s1. The normalized spacial score (nSPS) is 12.9. The van der Waals surface area contributed by atoms with Crippen LogP contribution in [0.2, 0.25) is 0 Å². The van der Waals surface area contributed by atoms with Crippen LogP contribution in [0.4, 0.5) is 5.69 Å². The molecular formula is C11H19N3O. The maximum atomic E-state index is 9.21. The third kappa shape index (κ3) is 3.18. The molecule has 1 heterocycles. The summed E-state index contributed by atoms with van der Waals surface area (Å²) in [5.41, 5.74) is 7.32. The molecule has 0 bridgehead atoms. The van der Waals surface area contributed by atoms with Gasteiger partial charge in [-0.3, -0.25) is 4.98 Å². The average molecular weight is 209 g/mol. The Hall–Kier alpha value is -1.13. The molecular weight excluding hydrogens is 190 g/mol. The molecule has 84 valence electrons. The molecule has 0 unspecified atom stereocenters. The van der Waals surface area contributed by atoms with Crippen molar-refractivity contribution in [1.82, 2.24) is 4.98 Å². The Morgan fingerprint density at radius 2 is 2.27 bits per heavy atom. The van der Waals surface area contributed by atoms with Crippen LogP contribution < -0.4 is 11.1 Å². The van der Waals surface area contributed by atoms with Gasteiger partial charge in [-0.25, -0.2) is 0 Å². The fourth-order valence-electron chi connectivity index (χ4n) is 1.35. The lowest BCUT2D eigenvalue weighted by molar-refractivity contribution is 0.249. The quantitative estimate of drug-likeness (QED) is 0.675. The molecule has 0 amide bonds. The van der Waals surface area contributed by atoms with Gasteiger partial charge in [-0.1, -0.05) is 13.8 Å². The number of rotatable bonds is 5. The van der Waals surface area contributed by atoms with Gasteiger partial charge in [0.25, 0.3) is 0 Å². The molecule has 1 atom stereocenters. The first kappa shape index (κ1) is 11.9. The molecule has 0 aliphatic carbocycles. The molecule has 0 radical (unpaired) electrons. The topological polar surface area (TPSA) is 71.2 Å². The van der Waals surface area contributed by atoms with Crippen LogP contribution in [-0.4, -0.2) is 22.7 Å². The Bertz CT molecular complexity index is 302. The lowest BCUT2D eigenvalue weighted by Crippen LogP contribution is -2.30. The van der Waals surface area contributed by atoms with Gasteiger partial charge in [-0.05, 0) is 18.1 Å². The monoisotopic (exact) mass is 209 g/mol. The van der Waals surface area contributed by atoms with Crippen LogP contribution in [0.5, 0.6) is 0 Å². The van der Waals surface area contributed by atoms with Crippen LogP contribution in [0.3, 0.4) is 0 Å². The van der Waals surface area contributed by atoms with Crippen LogP contribution in [0.1, 0.15) is 19.5 Å². The third-order valence-corrected chi connectivity index (χ3v) is 2.43. The molecule has 0 saturated carbocycles. The fraction of sp³-hybridized carbons (Fsp3) is 0.545. The highest BCUT2D eigenvalue weighted by Gasteiger charge is 2.13. The van der Waals surface area contributed by atoms with E-state index in [1.54, 1.807) is 6.20 Å². The smallest absolute Gasteiger partial charge is 0.0770 e. The second-order valence-corrected chi connectivity index (χ2v) is 3.88. The summed E-state index contributed by atoms with van der Waals surface area (Å²) in [6, 6.07) is 3.83. The first-order chi connectivity index (χ1) is 7.19. The zero-order valence-electron chi connectivity index (χ0n) is 9.27. The predicted molar refractivity (Wildman–Crippen MR) is 61.5 cm³/mol. The van der Waals surface area contributed by atoms with Crippen LogP contribution in [0, 0.1) is 5.92 Å². The van der Waals surface area contributed by atoms with Gasteiger partial charge in [0.2, 0.25) is 0 Å². The van der Waals surface area contributed by atoms with Gasteiger partial charge in [0.1, 0.15) is 0 Å². The zero-order valence-corrected chi connectivity index (χ0v) is 9.27. The predicted octanol–water partition coefficient (Wildman–Crippen LogP) is 0.969. The highest BCUT2D eigenvalue weighted by Crippen LogP contribution is 2.15. The van der Waals surface area contributed by atoms with Crippen LogP contribution in [0.25, 0.3) is 0 Å². The van der Waals surface area contributed by atoms with Gasteiger partial charge in [-0.15, -0.1) is 0 Å². The van der Waals surface area contributed by atoms with Crippen molar-refractivity contribution in [2.75, 3.05) is 11.9 Å². The van der Waals surface area contributed by atoms with Crippen molar-refractivity contribution >= 4 is 5.69 Å². The Labute approximate surface area is 90.5 Å². The van der Waals surface area contributed by atoms with Gasteiger partial charge >= 0.3 is 0 Å².